The van der Waals surface area contributed by atoms with Gasteiger partial charge in [0.1, 0.15) is 11.6 Å². The third-order valence-corrected chi connectivity index (χ3v) is 2.93. The molecule has 0 atom stereocenters. The van der Waals surface area contributed by atoms with Crippen LogP contribution in [0.25, 0.3) is 11.4 Å². The van der Waals surface area contributed by atoms with Gasteiger partial charge in [0.05, 0.1) is 12.7 Å². The molecule has 4 heteroatoms. The molecule has 1 aromatic heterocycles. The molecule has 0 aliphatic carbocycles. The zero-order chi connectivity index (χ0) is 13.8. The molecular weight excluding hydrogens is 240 g/mol. The molecule has 19 heavy (non-hydrogen) atoms. The standard InChI is InChI=1S/C15H18N2O2/c1-4-9-17-14(18)10-11(2)16-15(17)12-7-5-6-8-13(12)19-3/h5-8,10H,4,9H2,1-3H3. The minimum absolute atomic E-state index is 0.0183. The summed E-state index contributed by atoms with van der Waals surface area (Å²) in [6.45, 7) is 4.52. The molecule has 1 heterocycles. The van der Waals surface area contributed by atoms with E-state index in [1.807, 2.05) is 38.1 Å². The van der Waals surface area contributed by atoms with E-state index in [0.29, 0.717) is 12.4 Å². The predicted molar refractivity (Wildman–Crippen MR) is 75.5 cm³/mol. The van der Waals surface area contributed by atoms with Crippen LogP contribution in [0, 0.1) is 6.92 Å². The summed E-state index contributed by atoms with van der Waals surface area (Å²) < 4.78 is 7.06. The fourth-order valence-corrected chi connectivity index (χ4v) is 2.10. The van der Waals surface area contributed by atoms with Gasteiger partial charge in [-0.3, -0.25) is 9.36 Å². The molecule has 0 saturated carbocycles. The Morgan fingerprint density at radius 3 is 2.74 bits per heavy atom. The Hall–Kier alpha value is -2.10. The molecule has 0 bridgehead atoms. The second kappa shape index (κ2) is 5.69. The minimum Gasteiger partial charge on any atom is -0.496 e. The molecule has 4 nitrogen and oxygen atoms in total. The van der Waals surface area contributed by atoms with Crippen molar-refractivity contribution in [1.29, 1.82) is 0 Å². The Morgan fingerprint density at radius 2 is 2.05 bits per heavy atom. The maximum absolute atomic E-state index is 12.1. The van der Waals surface area contributed by atoms with Crippen molar-refractivity contribution >= 4 is 0 Å². The van der Waals surface area contributed by atoms with Gasteiger partial charge in [-0.05, 0) is 25.5 Å². The third-order valence-electron chi connectivity index (χ3n) is 2.93. The summed E-state index contributed by atoms with van der Waals surface area (Å²) in [4.78, 5) is 16.6. The van der Waals surface area contributed by atoms with Crippen LogP contribution < -0.4 is 10.3 Å². The number of hydrogen-bond donors (Lipinski definition) is 0. The zero-order valence-electron chi connectivity index (χ0n) is 11.5. The molecule has 1 aromatic carbocycles. The molecule has 0 aliphatic rings. The quantitative estimate of drug-likeness (QED) is 0.846. The minimum atomic E-state index is -0.0183. The number of nitrogens with zero attached hydrogens (tertiary/aromatic N) is 2. The van der Waals surface area contributed by atoms with Gasteiger partial charge in [-0.1, -0.05) is 19.1 Å². The first-order chi connectivity index (χ1) is 9.17. The maximum atomic E-state index is 12.1. The van der Waals surface area contributed by atoms with Crippen LogP contribution in [0.1, 0.15) is 19.0 Å². The zero-order valence-corrected chi connectivity index (χ0v) is 11.5. The van der Waals surface area contributed by atoms with Gasteiger partial charge in [0.2, 0.25) is 0 Å². The highest BCUT2D eigenvalue weighted by Crippen LogP contribution is 2.27. The number of para-hydroxylation sites is 1. The van der Waals surface area contributed by atoms with Gasteiger partial charge in [-0.2, -0.15) is 0 Å². The van der Waals surface area contributed by atoms with Gasteiger partial charge >= 0.3 is 0 Å². The number of methoxy groups -OCH3 is 1. The van der Waals surface area contributed by atoms with Gasteiger partial charge in [-0.15, -0.1) is 0 Å². The molecule has 2 rings (SSSR count). The molecular formula is C15H18N2O2. The van der Waals surface area contributed by atoms with Crippen molar-refractivity contribution in [1.82, 2.24) is 9.55 Å². The number of aryl methyl sites for hydroxylation is 1. The summed E-state index contributed by atoms with van der Waals surface area (Å²) >= 11 is 0. The molecule has 100 valence electrons. The molecule has 2 aromatic rings. The van der Waals surface area contributed by atoms with Crippen LogP contribution in [0.2, 0.25) is 0 Å². The molecule has 0 unspecified atom stereocenters. The van der Waals surface area contributed by atoms with Gasteiger partial charge in [0, 0.05) is 18.3 Å². The summed E-state index contributed by atoms with van der Waals surface area (Å²) in [5, 5.41) is 0. The Morgan fingerprint density at radius 1 is 1.32 bits per heavy atom. The molecule has 0 N–H and O–H groups in total. The fourth-order valence-electron chi connectivity index (χ4n) is 2.10. The van der Waals surface area contributed by atoms with E-state index >= 15 is 0 Å². The first kappa shape index (κ1) is 13.3. The van der Waals surface area contributed by atoms with Crippen LogP contribution in [-0.4, -0.2) is 16.7 Å². The van der Waals surface area contributed by atoms with Crippen LogP contribution in [0.15, 0.2) is 35.1 Å². The molecule has 0 aliphatic heterocycles. The van der Waals surface area contributed by atoms with Gasteiger partial charge in [0.15, 0.2) is 0 Å². The highest BCUT2D eigenvalue weighted by atomic mass is 16.5. The lowest BCUT2D eigenvalue weighted by Crippen LogP contribution is -2.23. The van der Waals surface area contributed by atoms with Crippen LogP contribution in [0.3, 0.4) is 0 Å². The highest BCUT2D eigenvalue weighted by Gasteiger charge is 2.12. The smallest absolute Gasteiger partial charge is 0.253 e. The third kappa shape index (κ3) is 2.67. The predicted octanol–water partition coefficient (Wildman–Crippen LogP) is 2.64. The second-order valence-electron chi connectivity index (χ2n) is 4.41. The lowest BCUT2D eigenvalue weighted by molar-refractivity contribution is 0.415. The summed E-state index contributed by atoms with van der Waals surface area (Å²) in [6, 6.07) is 9.18. The molecule has 0 saturated heterocycles. The summed E-state index contributed by atoms with van der Waals surface area (Å²) in [6.07, 6.45) is 0.882. The normalized spacial score (nSPS) is 10.5. The van der Waals surface area contributed by atoms with Gasteiger partial charge in [-0.25, -0.2) is 4.98 Å². The Labute approximate surface area is 112 Å². The van der Waals surface area contributed by atoms with Crippen LogP contribution in [-0.2, 0) is 6.54 Å². The Bertz CT molecular complexity index is 632. The summed E-state index contributed by atoms with van der Waals surface area (Å²) in [7, 11) is 1.62. The monoisotopic (exact) mass is 258 g/mol. The first-order valence-electron chi connectivity index (χ1n) is 6.39. The average Bonchev–Trinajstić information content (AvgIpc) is 2.41. The van der Waals surface area contributed by atoms with E-state index in [-0.39, 0.29) is 5.56 Å². The van der Waals surface area contributed by atoms with Crippen molar-refractivity contribution in [2.45, 2.75) is 26.8 Å². The maximum Gasteiger partial charge on any atom is 0.253 e. The lowest BCUT2D eigenvalue weighted by atomic mass is 10.1. The number of aromatic nitrogens is 2. The van der Waals surface area contributed by atoms with E-state index in [2.05, 4.69) is 4.98 Å². The second-order valence-corrected chi connectivity index (χ2v) is 4.41. The van der Waals surface area contributed by atoms with E-state index in [4.69, 9.17) is 4.74 Å². The Balaban J connectivity index is 2.70. The number of rotatable bonds is 4. The van der Waals surface area contributed by atoms with E-state index < -0.39 is 0 Å². The Kier molecular flexibility index (Phi) is 4.00. The number of benzene rings is 1. The average molecular weight is 258 g/mol. The highest BCUT2D eigenvalue weighted by molar-refractivity contribution is 5.64. The van der Waals surface area contributed by atoms with Crippen LogP contribution >= 0.6 is 0 Å². The molecule has 0 fully saturated rings. The SMILES string of the molecule is CCCn1c(-c2ccccc2OC)nc(C)cc1=O. The van der Waals surface area contributed by atoms with Crippen LogP contribution in [0.4, 0.5) is 0 Å². The van der Waals surface area contributed by atoms with E-state index in [9.17, 15) is 4.79 Å². The van der Waals surface area contributed by atoms with Gasteiger partial charge in [0.25, 0.3) is 5.56 Å². The van der Waals surface area contributed by atoms with E-state index in [0.717, 1.165) is 23.4 Å². The summed E-state index contributed by atoms with van der Waals surface area (Å²) in [5.41, 5.74) is 1.55. The topological polar surface area (TPSA) is 44.1 Å². The number of hydrogen-bond acceptors (Lipinski definition) is 3. The fraction of sp³-hybridized carbons (Fsp3) is 0.333. The van der Waals surface area contributed by atoms with Crippen molar-refractivity contribution in [2.75, 3.05) is 7.11 Å². The van der Waals surface area contributed by atoms with Crippen LogP contribution in [0.5, 0.6) is 5.75 Å². The molecule has 0 radical (unpaired) electrons. The van der Waals surface area contributed by atoms with Gasteiger partial charge < -0.3 is 4.74 Å². The van der Waals surface area contributed by atoms with Crippen molar-refractivity contribution in [3.8, 4) is 17.1 Å². The van der Waals surface area contributed by atoms with Crippen molar-refractivity contribution in [3.05, 3.63) is 46.4 Å². The molecule has 0 amide bonds. The largest absolute Gasteiger partial charge is 0.496 e. The number of ether oxygens (including phenoxy) is 1. The van der Waals surface area contributed by atoms with Crippen molar-refractivity contribution < 1.29 is 4.74 Å². The van der Waals surface area contributed by atoms with E-state index in [1.54, 1.807) is 17.7 Å². The van der Waals surface area contributed by atoms with Crippen molar-refractivity contribution in [3.63, 3.8) is 0 Å². The lowest BCUT2D eigenvalue weighted by Gasteiger charge is -2.14. The van der Waals surface area contributed by atoms with Crippen molar-refractivity contribution in [2.24, 2.45) is 0 Å². The summed E-state index contributed by atoms with van der Waals surface area (Å²) in [5.74, 6) is 1.40. The first-order valence-corrected chi connectivity index (χ1v) is 6.39. The molecule has 0 spiro atoms. The van der Waals surface area contributed by atoms with E-state index in [1.165, 1.54) is 0 Å².